The van der Waals surface area contributed by atoms with Gasteiger partial charge in [-0.15, -0.1) is 0 Å². The van der Waals surface area contributed by atoms with E-state index in [0.717, 1.165) is 49.3 Å². The van der Waals surface area contributed by atoms with Crippen molar-refractivity contribution in [2.75, 3.05) is 39.4 Å². The molecular weight excluding hydrogens is 405 g/mol. The first-order valence-electron chi connectivity index (χ1n) is 10.2. The van der Waals surface area contributed by atoms with Crippen molar-refractivity contribution in [1.82, 2.24) is 15.2 Å². The molecule has 1 aliphatic rings. The molecule has 1 atom stereocenters. The molecule has 2 heterocycles. The van der Waals surface area contributed by atoms with Crippen molar-refractivity contribution < 1.29 is 13.9 Å². The topological polar surface area (TPSA) is 57.4 Å². The van der Waals surface area contributed by atoms with E-state index in [1.807, 2.05) is 18.3 Å². The van der Waals surface area contributed by atoms with E-state index < -0.39 is 5.92 Å². The summed E-state index contributed by atoms with van der Waals surface area (Å²) >= 11 is 6.20. The monoisotopic (exact) mass is 429 g/mol. The molecule has 1 aliphatic heterocycles. The number of aromatic nitrogens is 1. The average Bonchev–Trinajstić information content (AvgIpc) is 3.16. The number of halogens is 2. The van der Waals surface area contributed by atoms with Crippen LogP contribution in [0.15, 0.2) is 48.7 Å². The molecule has 1 saturated heterocycles. The van der Waals surface area contributed by atoms with Crippen LogP contribution in [0.4, 0.5) is 4.39 Å². The summed E-state index contributed by atoms with van der Waals surface area (Å²) in [6.07, 6.45) is 2.00. The summed E-state index contributed by atoms with van der Waals surface area (Å²) in [4.78, 5) is 18.2. The Morgan fingerprint density at radius 1 is 1.20 bits per heavy atom. The van der Waals surface area contributed by atoms with Crippen LogP contribution in [-0.2, 0) is 9.53 Å². The minimum atomic E-state index is -0.415. The summed E-state index contributed by atoms with van der Waals surface area (Å²) in [6.45, 7) is 4.55. The van der Waals surface area contributed by atoms with Gasteiger partial charge in [-0.3, -0.25) is 9.69 Å². The molecule has 5 nitrogen and oxygen atoms in total. The molecule has 3 aromatic rings. The normalized spacial score (nSPS) is 15.9. The lowest BCUT2D eigenvalue weighted by Crippen LogP contribution is -2.41. The number of fused-ring (bicyclic) bond motifs is 1. The Hall–Kier alpha value is -2.41. The highest BCUT2D eigenvalue weighted by Crippen LogP contribution is 2.35. The van der Waals surface area contributed by atoms with Crippen molar-refractivity contribution in [3.63, 3.8) is 0 Å². The standard InChI is InChI=1S/C23H25ClFN3O2/c24-16-5-6-22-19(13-16)20(15-27-22)18(17-3-1-2-4-21(17)25)14-23(29)26-7-8-28-9-11-30-12-10-28/h1-6,13,15,18,27H,7-12,14H2,(H,26,29)/t18-/m1/s1. The van der Waals surface area contributed by atoms with Crippen LogP contribution in [0.2, 0.25) is 5.02 Å². The lowest BCUT2D eigenvalue weighted by molar-refractivity contribution is -0.121. The van der Waals surface area contributed by atoms with Gasteiger partial charge in [0.15, 0.2) is 0 Å². The number of carbonyl (C=O) groups is 1. The smallest absolute Gasteiger partial charge is 0.220 e. The molecule has 0 bridgehead atoms. The quantitative estimate of drug-likeness (QED) is 0.598. The summed E-state index contributed by atoms with van der Waals surface area (Å²) in [5.74, 6) is -0.838. The number of amides is 1. The Labute approximate surface area is 180 Å². The van der Waals surface area contributed by atoms with Gasteiger partial charge in [0.25, 0.3) is 0 Å². The van der Waals surface area contributed by atoms with Gasteiger partial charge in [0, 0.05) is 60.6 Å². The maximum atomic E-state index is 14.7. The van der Waals surface area contributed by atoms with E-state index >= 15 is 0 Å². The second-order valence-electron chi connectivity index (χ2n) is 7.52. The molecule has 2 aromatic carbocycles. The predicted molar refractivity (Wildman–Crippen MR) is 116 cm³/mol. The van der Waals surface area contributed by atoms with Crippen LogP contribution in [0, 0.1) is 5.82 Å². The van der Waals surface area contributed by atoms with E-state index in [1.54, 1.807) is 24.3 Å². The van der Waals surface area contributed by atoms with Crippen molar-refractivity contribution in [2.45, 2.75) is 12.3 Å². The van der Waals surface area contributed by atoms with Crippen molar-refractivity contribution in [3.05, 3.63) is 70.6 Å². The van der Waals surface area contributed by atoms with Gasteiger partial charge in [0.1, 0.15) is 5.82 Å². The molecule has 158 valence electrons. The van der Waals surface area contributed by atoms with Crippen LogP contribution >= 0.6 is 11.6 Å². The molecule has 0 aliphatic carbocycles. The largest absolute Gasteiger partial charge is 0.379 e. The summed E-state index contributed by atoms with van der Waals surface area (Å²) in [5.41, 5.74) is 2.27. The van der Waals surface area contributed by atoms with E-state index in [1.165, 1.54) is 6.07 Å². The summed E-state index contributed by atoms with van der Waals surface area (Å²) in [6, 6.07) is 12.2. The number of hydrogen-bond acceptors (Lipinski definition) is 3. The van der Waals surface area contributed by atoms with E-state index in [4.69, 9.17) is 16.3 Å². The van der Waals surface area contributed by atoms with Gasteiger partial charge in [-0.25, -0.2) is 4.39 Å². The Bertz CT molecular complexity index is 1020. The average molecular weight is 430 g/mol. The van der Waals surface area contributed by atoms with Crippen LogP contribution in [0.25, 0.3) is 10.9 Å². The van der Waals surface area contributed by atoms with Crippen LogP contribution in [0.5, 0.6) is 0 Å². The zero-order valence-corrected chi connectivity index (χ0v) is 17.4. The Morgan fingerprint density at radius 2 is 2.00 bits per heavy atom. The first kappa shape index (κ1) is 20.8. The molecular formula is C23H25ClFN3O2. The number of ether oxygens (including phenoxy) is 1. The lowest BCUT2D eigenvalue weighted by Gasteiger charge is -2.26. The number of hydrogen-bond donors (Lipinski definition) is 2. The molecule has 0 spiro atoms. The number of H-pyrrole nitrogens is 1. The van der Waals surface area contributed by atoms with Crippen molar-refractivity contribution in [3.8, 4) is 0 Å². The van der Waals surface area contributed by atoms with Gasteiger partial charge >= 0.3 is 0 Å². The van der Waals surface area contributed by atoms with E-state index in [2.05, 4.69) is 15.2 Å². The molecule has 4 rings (SSSR count). The van der Waals surface area contributed by atoms with Gasteiger partial charge in [-0.2, -0.15) is 0 Å². The Balaban J connectivity index is 1.53. The highest BCUT2D eigenvalue weighted by atomic mass is 35.5. The highest BCUT2D eigenvalue weighted by Gasteiger charge is 2.24. The summed E-state index contributed by atoms with van der Waals surface area (Å²) in [5, 5.41) is 4.49. The van der Waals surface area contributed by atoms with Gasteiger partial charge in [0.05, 0.1) is 13.2 Å². The molecule has 1 aromatic heterocycles. The minimum Gasteiger partial charge on any atom is -0.379 e. The van der Waals surface area contributed by atoms with Crippen LogP contribution in [0.3, 0.4) is 0 Å². The third kappa shape index (κ3) is 4.83. The molecule has 0 saturated carbocycles. The van der Waals surface area contributed by atoms with E-state index in [0.29, 0.717) is 17.1 Å². The number of benzene rings is 2. The Kier molecular flexibility index (Phi) is 6.67. The Morgan fingerprint density at radius 3 is 2.80 bits per heavy atom. The number of morpholine rings is 1. The SMILES string of the molecule is O=C(C[C@H](c1ccccc1F)c1c[nH]c2ccc(Cl)cc12)NCCN1CCOCC1. The zero-order valence-electron chi connectivity index (χ0n) is 16.7. The number of carbonyl (C=O) groups excluding carboxylic acids is 1. The van der Waals surface area contributed by atoms with E-state index in [-0.39, 0.29) is 18.1 Å². The number of nitrogens with zero attached hydrogens (tertiary/aromatic N) is 1. The van der Waals surface area contributed by atoms with E-state index in [9.17, 15) is 9.18 Å². The van der Waals surface area contributed by atoms with Gasteiger partial charge in [-0.1, -0.05) is 29.8 Å². The molecule has 0 unspecified atom stereocenters. The highest BCUT2D eigenvalue weighted by molar-refractivity contribution is 6.31. The molecule has 2 N–H and O–H groups in total. The van der Waals surface area contributed by atoms with Crippen LogP contribution < -0.4 is 5.32 Å². The fourth-order valence-corrected chi connectivity index (χ4v) is 4.16. The van der Waals surface area contributed by atoms with Crippen molar-refractivity contribution in [2.24, 2.45) is 0 Å². The molecule has 1 fully saturated rings. The molecule has 1 amide bonds. The fraction of sp³-hybridized carbons (Fsp3) is 0.348. The van der Waals surface area contributed by atoms with Crippen molar-refractivity contribution in [1.29, 1.82) is 0 Å². The van der Waals surface area contributed by atoms with Crippen LogP contribution in [-0.4, -0.2) is 55.2 Å². The molecule has 30 heavy (non-hydrogen) atoms. The number of aromatic amines is 1. The first-order chi connectivity index (χ1) is 14.6. The minimum absolute atomic E-state index is 0.104. The first-order valence-corrected chi connectivity index (χ1v) is 10.6. The summed E-state index contributed by atoms with van der Waals surface area (Å²) < 4.78 is 20.0. The van der Waals surface area contributed by atoms with Crippen LogP contribution in [0.1, 0.15) is 23.5 Å². The third-order valence-corrected chi connectivity index (χ3v) is 5.81. The zero-order chi connectivity index (χ0) is 20.9. The number of nitrogens with one attached hydrogen (secondary N) is 2. The predicted octanol–water partition coefficient (Wildman–Crippen LogP) is 3.93. The fourth-order valence-electron chi connectivity index (χ4n) is 3.98. The number of rotatable bonds is 7. The third-order valence-electron chi connectivity index (χ3n) is 5.58. The maximum absolute atomic E-state index is 14.7. The second kappa shape index (κ2) is 9.60. The second-order valence-corrected chi connectivity index (χ2v) is 7.95. The van der Waals surface area contributed by atoms with Gasteiger partial charge < -0.3 is 15.0 Å². The van der Waals surface area contributed by atoms with Crippen molar-refractivity contribution >= 4 is 28.4 Å². The summed E-state index contributed by atoms with van der Waals surface area (Å²) in [7, 11) is 0. The molecule has 0 radical (unpaired) electrons. The lowest BCUT2D eigenvalue weighted by atomic mass is 9.87. The van der Waals surface area contributed by atoms with Gasteiger partial charge in [-0.05, 0) is 35.4 Å². The molecule has 7 heteroatoms. The van der Waals surface area contributed by atoms with Gasteiger partial charge in [0.2, 0.25) is 5.91 Å². The maximum Gasteiger partial charge on any atom is 0.220 e.